The molecule has 59 heavy (non-hydrogen) atoms. The number of nitrogens with one attached hydrogen (secondary N) is 1. The molecule has 2 bridgehead atoms. The molecule has 4 aliphatic rings. The Hall–Kier alpha value is -5.25. The number of Topliss-reactive ketones (excluding diaryl/α,β-unsaturated/α-hetero) is 1. The van der Waals surface area contributed by atoms with Crippen LogP contribution < -0.4 is 5.32 Å². The zero-order valence-electron chi connectivity index (χ0n) is 33.4. The van der Waals surface area contributed by atoms with Crippen molar-refractivity contribution in [1.82, 2.24) is 5.32 Å². The summed E-state index contributed by atoms with van der Waals surface area (Å²) in [6.07, 6.45) is -10.5. The van der Waals surface area contributed by atoms with Crippen molar-refractivity contribution >= 4 is 29.6 Å². The smallest absolute Gasteiger partial charge is 0.338 e. The minimum absolute atomic E-state index is 0.0540. The van der Waals surface area contributed by atoms with Gasteiger partial charge < -0.3 is 44.7 Å². The lowest BCUT2D eigenvalue weighted by molar-refractivity contribution is -0.346. The molecule has 3 aromatic rings. The predicted octanol–water partition coefficient (Wildman–Crippen LogP) is 3.16. The van der Waals surface area contributed by atoms with Crippen LogP contribution in [0.2, 0.25) is 0 Å². The summed E-state index contributed by atoms with van der Waals surface area (Å²) < 4.78 is 24.2. The number of amides is 1. The highest BCUT2D eigenvalue weighted by Crippen LogP contribution is 2.64. The van der Waals surface area contributed by atoms with Crippen molar-refractivity contribution in [1.29, 1.82) is 0 Å². The molecule has 3 aliphatic carbocycles. The van der Waals surface area contributed by atoms with Crippen molar-refractivity contribution < 1.29 is 63.3 Å². The number of aliphatic hydroxyl groups excluding tert-OH is 3. The lowest BCUT2D eigenvalue weighted by Crippen LogP contribution is -2.81. The van der Waals surface area contributed by atoms with Crippen LogP contribution in [0.3, 0.4) is 0 Å². The summed E-state index contributed by atoms with van der Waals surface area (Å²) in [4.78, 5) is 69.5. The van der Waals surface area contributed by atoms with E-state index in [4.69, 9.17) is 18.9 Å². The summed E-state index contributed by atoms with van der Waals surface area (Å²) in [6, 6.07) is 23.1. The summed E-state index contributed by atoms with van der Waals surface area (Å²) in [5.74, 6) is -5.89. The van der Waals surface area contributed by atoms with Gasteiger partial charge >= 0.3 is 17.9 Å². The Bertz CT molecular complexity index is 2160. The van der Waals surface area contributed by atoms with E-state index in [0.717, 1.165) is 6.92 Å². The van der Waals surface area contributed by atoms with Crippen LogP contribution in [0.15, 0.2) is 102 Å². The first kappa shape index (κ1) is 41.9. The maximum absolute atomic E-state index is 15.0. The highest BCUT2D eigenvalue weighted by atomic mass is 16.6. The Kier molecular flexibility index (Phi) is 10.9. The largest absolute Gasteiger partial charge is 0.456 e. The fraction of sp³-hybridized carbons (Fsp3) is 0.444. The molecule has 2 saturated carbocycles. The van der Waals surface area contributed by atoms with Crippen molar-refractivity contribution in [2.45, 2.75) is 101 Å². The number of benzene rings is 3. The minimum Gasteiger partial charge on any atom is -0.456 e. The third-order valence-corrected chi connectivity index (χ3v) is 13.2. The van der Waals surface area contributed by atoms with Crippen LogP contribution in [0.25, 0.3) is 0 Å². The van der Waals surface area contributed by atoms with Gasteiger partial charge in [-0.1, -0.05) is 80.6 Å². The SMILES string of the molecule is CC(=O)OC12COC1C[C@@H](O)[C@@]1(C)C(=O)[C@@H](O)C3=C(C)[C@@H](OC(=O)[C@H](O)[C@@H](NC(=O)c4ccccc4)c4ccccc4)C[C@@](O)([C@H](OC(=O)c4ccccc4)[C@H]21)C3(C)C. The number of ketones is 1. The van der Waals surface area contributed by atoms with Gasteiger partial charge in [0.15, 0.2) is 17.5 Å². The van der Waals surface area contributed by atoms with Crippen molar-refractivity contribution in [3.05, 3.63) is 119 Å². The topological polar surface area (TPSA) is 215 Å². The molecular weight excluding hydrogens is 762 g/mol. The fourth-order valence-corrected chi connectivity index (χ4v) is 9.94. The Labute approximate surface area is 341 Å². The molecule has 5 N–H and O–H groups in total. The van der Waals surface area contributed by atoms with Crippen LogP contribution in [0, 0.1) is 16.7 Å². The zero-order chi connectivity index (χ0) is 42.7. The molecule has 1 amide bonds. The average Bonchev–Trinajstić information content (AvgIpc) is 3.21. The number of carbonyl (C=O) groups is 5. The van der Waals surface area contributed by atoms with Crippen molar-refractivity contribution in [3.8, 4) is 0 Å². The molecule has 2 unspecified atom stereocenters. The molecule has 14 nitrogen and oxygen atoms in total. The minimum atomic E-state index is -2.35. The predicted molar refractivity (Wildman–Crippen MR) is 208 cm³/mol. The van der Waals surface area contributed by atoms with Gasteiger partial charge in [-0.2, -0.15) is 0 Å². The van der Waals surface area contributed by atoms with E-state index in [1.165, 1.54) is 26.0 Å². The Morgan fingerprint density at radius 1 is 0.864 bits per heavy atom. The van der Waals surface area contributed by atoms with Crippen molar-refractivity contribution in [2.24, 2.45) is 16.7 Å². The van der Waals surface area contributed by atoms with Gasteiger partial charge in [0.2, 0.25) is 0 Å². The average molecular weight is 812 g/mol. The number of rotatable bonds is 9. The third-order valence-electron chi connectivity index (χ3n) is 13.2. The number of carbonyl (C=O) groups excluding carboxylic acids is 5. The maximum atomic E-state index is 15.0. The molecule has 1 aliphatic heterocycles. The van der Waals surface area contributed by atoms with E-state index in [1.54, 1.807) is 92.7 Å². The molecule has 14 heteroatoms. The van der Waals surface area contributed by atoms with E-state index >= 15 is 0 Å². The van der Waals surface area contributed by atoms with Gasteiger partial charge in [-0.15, -0.1) is 0 Å². The first-order chi connectivity index (χ1) is 27.9. The van der Waals surface area contributed by atoms with Crippen LogP contribution in [-0.2, 0) is 33.3 Å². The Morgan fingerprint density at radius 3 is 2.00 bits per heavy atom. The molecule has 0 spiro atoms. The van der Waals surface area contributed by atoms with Gasteiger partial charge in [0.05, 0.1) is 35.6 Å². The van der Waals surface area contributed by atoms with Gasteiger partial charge in [0.25, 0.3) is 5.91 Å². The van der Waals surface area contributed by atoms with Gasteiger partial charge in [0.1, 0.15) is 30.0 Å². The Morgan fingerprint density at radius 2 is 1.44 bits per heavy atom. The number of hydrogen-bond donors (Lipinski definition) is 5. The molecule has 0 aromatic heterocycles. The number of ether oxygens (including phenoxy) is 4. The normalized spacial score (nSPS) is 33.0. The third kappa shape index (κ3) is 6.76. The standard InChI is InChI=1S/C45H49NO13/c1-24-29(57-41(54)35(50)33(26-15-9-6-10-16-26)46-39(52)27-17-11-7-12-18-27)22-45(55)38(58-40(53)28-19-13-8-14-20-28)36-43(5,37(51)34(49)32(24)42(45,3)4)30(48)21-31-44(36,23-56-31)59-25(2)47/h6-20,29-31,33-36,38,48-50,55H,21-23H2,1-5H3,(H,46,52)/t29-,30+,31?,33-,34-,35+,36-,38+,43+,44?,45+/m0/s1. The molecule has 3 aromatic carbocycles. The second kappa shape index (κ2) is 15.4. The molecule has 312 valence electrons. The van der Waals surface area contributed by atoms with Gasteiger partial charge in [0, 0.05) is 30.7 Å². The van der Waals surface area contributed by atoms with Crippen LogP contribution in [0.5, 0.6) is 0 Å². The number of aliphatic hydroxyl groups is 4. The lowest BCUT2D eigenvalue weighted by Gasteiger charge is -2.67. The number of fused-ring (bicyclic) bond motifs is 5. The van der Waals surface area contributed by atoms with Crippen LogP contribution in [0.1, 0.15) is 79.8 Å². The van der Waals surface area contributed by atoms with Crippen LogP contribution >= 0.6 is 0 Å². The summed E-state index contributed by atoms with van der Waals surface area (Å²) in [5.41, 5.74) is -6.86. The van der Waals surface area contributed by atoms with Gasteiger partial charge in [-0.05, 0) is 54.8 Å². The van der Waals surface area contributed by atoms with Crippen LogP contribution in [0.4, 0.5) is 0 Å². The summed E-state index contributed by atoms with van der Waals surface area (Å²) in [5, 5.41) is 51.9. The maximum Gasteiger partial charge on any atom is 0.338 e. The first-order valence-electron chi connectivity index (χ1n) is 19.6. The van der Waals surface area contributed by atoms with E-state index in [9.17, 15) is 44.4 Å². The van der Waals surface area contributed by atoms with Gasteiger partial charge in [-0.3, -0.25) is 14.4 Å². The monoisotopic (exact) mass is 811 g/mol. The van der Waals surface area contributed by atoms with Crippen LogP contribution in [-0.4, -0.2) is 104 Å². The van der Waals surface area contributed by atoms with Crippen molar-refractivity contribution in [2.75, 3.05) is 6.61 Å². The zero-order valence-corrected chi connectivity index (χ0v) is 33.4. The van der Waals surface area contributed by atoms with Crippen molar-refractivity contribution in [3.63, 3.8) is 0 Å². The lowest BCUT2D eigenvalue weighted by atomic mass is 9.44. The highest BCUT2D eigenvalue weighted by Gasteiger charge is 2.78. The molecule has 0 radical (unpaired) electrons. The first-order valence-corrected chi connectivity index (χ1v) is 19.6. The van der Waals surface area contributed by atoms with E-state index in [1.807, 2.05) is 0 Å². The molecule has 7 rings (SSSR count). The molecule has 1 saturated heterocycles. The second-order valence-electron chi connectivity index (χ2n) is 16.8. The van der Waals surface area contributed by atoms with Gasteiger partial charge in [-0.25, -0.2) is 9.59 Å². The quantitative estimate of drug-likeness (QED) is 0.120. The van der Waals surface area contributed by atoms with E-state index < -0.39 is 107 Å². The number of hydrogen-bond acceptors (Lipinski definition) is 13. The fourth-order valence-electron chi connectivity index (χ4n) is 9.94. The highest BCUT2D eigenvalue weighted by molar-refractivity contribution is 5.95. The summed E-state index contributed by atoms with van der Waals surface area (Å²) in [6.45, 7) is 6.89. The van der Waals surface area contributed by atoms with E-state index in [0.29, 0.717) is 5.56 Å². The number of esters is 3. The summed E-state index contributed by atoms with van der Waals surface area (Å²) >= 11 is 0. The van der Waals surface area contributed by atoms with E-state index in [2.05, 4.69) is 5.32 Å². The summed E-state index contributed by atoms with van der Waals surface area (Å²) in [7, 11) is 0. The molecular formula is C45H49NO13. The second-order valence-corrected chi connectivity index (χ2v) is 16.8. The Balaban J connectivity index is 1.34. The molecule has 1 heterocycles. The molecule has 3 fully saturated rings. The molecule has 11 atom stereocenters. The van der Waals surface area contributed by atoms with E-state index in [-0.39, 0.29) is 35.3 Å².